The van der Waals surface area contributed by atoms with Gasteiger partial charge in [-0.25, -0.2) is 4.39 Å². The van der Waals surface area contributed by atoms with Crippen molar-refractivity contribution in [2.45, 2.75) is 13.3 Å². The molecule has 0 atom stereocenters. The molecule has 0 unspecified atom stereocenters. The minimum Gasteiger partial charge on any atom is -0.385 e. The Hall–Kier alpha value is -1.13. The Morgan fingerprint density at radius 2 is 2.06 bits per heavy atom. The van der Waals surface area contributed by atoms with Crippen molar-refractivity contribution in [3.8, 4) is 0 Å². The number of halogens is 1. The highest BCUT2D eigenvalue weighted by Crippen LogP contribution is 2.17. The zero-order chi connectivity index (χ0) is 13.2. The lowest BCUT2D eigenvalue weighted by Gasteiger charge is -2.23. The van der Waals surface area contributed by atoms with Crippen LogP contribution in [0.5, 0.6) is 0 Å². The van der Waals surface area contributed by atoms with Gasteiger partial charge in [-0.3, -0.25) is 0 Å². The number of methoxy groups -OCH3 is 1. The second-order valence-corrected chi connectivity index (χ2v) is 4.13. The predicted molar refractivity (Wildman–Crippen MR) is 73.6 cm³/mol. The molecule has 0 aromatic heterocycles. The second-order valence-electron chi connectivity index (χ2n) is 4.13. The van der Waals surface area contributed by atoms with E-state index in [1.807, 2.05) is 24.0 Å². The van der Waals surface area contributed by atoms with E-state index in [9.17, 15) is 4.39 Å². The number of nitrogens with one attached hydrogen (secondary N) is 1. The Morgan fingerprint density at radius 3 is 2.72 bits per heavy atom. The molecule has 102 valence electrons. The van der Waals surface area contributed by atoms with Gasteiger partial charge >= 0.3 is 0 Å². The van der Waals surface area contributed by atoms with Crippen molar-refractivity contribution in [2.24, 2.45) is 0 Å². The van der Waals surface area contributed by atoms with Crippen molar-refractivity contribution in [1.82, 2.24) is 5.32 Å². The van der Waals surface area contributed by atoms with Crippen LogP contribution in [-0.2, 0) is 4.74 Å². The van der Waals surface area contributed by atoms with Crippen LogP contribution in [-0.4, -0.2) is 39.9 Å². The van der Waals surface area contributed by atoms with E-state index in [-0.39, 0.29) is 5.82 Å². The molecule has 4 heteroatoms. The maximum atomic E-state index is 13.6. The van der Waals surface area contributed by atoms with Crippen molar-refractivity contribution in [3.63, 3.8) is 0 Å². The molecule has 0 aliphatic carbocycles. The summed E-state index contributed by atoms with van der Waals surface area (Å²) < 4.78 is 18.6. The molecular formula is C14H23FN2O. The van der Waals surface area contributed by atoms with Crippen LogP contribution in [0.25, 0.3) is 0 Å². The summed E-state index contributed by atoms with van der Waals surface area (Å²) in [5, 5.41) is 3.33. The zero-order valence-electron chi connectivity index (χ0n) is 11.3. The van der Waals surface area contributed by atoms with E-state index in [2.05, 4.69) is 5.32 Å². The Bertz CT molecular complexity index is 333. The first-order valence-corrected chi connectivity index (χ1v) is 6.48. The molecule has 3 nitrogen and oxygen atoms in total. The Balaban J connectivity index is 2.32. The monoisotopic (exact) mass is 254 g/mol. The molecule has 0 bridgehead atoms. The number of hydrogen-bond donors (Lipinski definition) is 1. The van der Waals surface area contributed by atoms with Gasteiger partial charge in [0.25, 0.3) is 0 Å². The second kappa shape index (κ2) is 8.89. The molecule has 0 aliphatic rings. The molecule has 0 saturated carbocycles. The van der Waals surface area contributed by atoms with Crippen LogP contribution < -0.4 is 10.2 Å². The van der Waals surface area contributed by atoms with Gasteiger partial charge in [-0.1, -0.05) is 12.1 Å². The molecule has 0 saturated heterocycles. The van der Waals surface area contributed by atoms with Gasteiger partial charge in [0.2, 0.25) is 0 Å². The third-order valence-corrected chi connectivity index (χ3v) is 2.84. The molecular weight excluding hydrogens is 231 g/mol. The number of likely N-dealkylation sites (N-methyl/N-ethyl adjacent to an activating group) is 1. The number of anilines is 1. The van der Waals surface area contributed by atoms with Gasteiger partial charge in [-0.15, -0.1) is 0 Å². The highest BCUT2D eigenvalue weighted by molar-refractivity contribution is 5.47. The van der Waals surface area contributed by atoms with Gasteiger partial charge in [-0.2, -0.15) is 0 Å². The average Bonchev–Trinajstić information content (AvgIpc) is 2.39. The van der Waals surface area contributed by atoms with Gasteiger partial charge in [0, 0.05) is 33.4 Å². The van der Waals surface area contributed by atoms with Crippen LogP contribution in [0.2, 0.25) is 0 Å². The van der Waals surface area contributed by atoms with Crippen molar-refractivity contribution >= 4 is 5.69 Å². The van der Waals surface area contributed by atoms with Crippen LogP contribution in [0.1, 0.15) is 13.3 Å². The van der Waals surface area contributed by atoms with Crippen molar-refractivity contribution in [3.05, 3.63) is 30.1 Å². The van der Waals surface area contributed by atoms with Crippen molar-refractivity contribution in [1.29, 1.82) is 0 Å². The van der Waals surface area contributed by atoms with E-state index >= 15 is 0 Å². The summed E-state index contributed by atoms with van der Waals surface area (Å²) in [5.41, 5.74) is 0.679. The van der Waals surface area contributed by atoms with Gasteiger partial charge < -0.3 is 15.0 Å². The summed E-state index contributed by atoms with van der Waals surface area (Å²) in [6.45, 7) is 6.22. The fourth-order valence-corrected chi connectivity index (χ4v) is 1.84. The van der Waals surface area contributed by atoms with E-state index < -0.39 is 0 Å². The molecule has 0 radical (unpaired) electrons. The summed E-state index contributed by atoms with van der Waals surface area (Å²) in [4.78, 5) is 2.04. The molecule has 1 rings (SSSR count). The maximum Gasteiger partial charge on any atom is 0.146 e. The van der Waals surface area contributed by atoms with Gasteiger partial charge in [0.1, 0.15) is 5.82 Å². The minimum absolute atomic E-state index is 0.154. The fraction of sp³-hybridized carbons (Fsp3) is 0.571. The SMILES string of the molecule is CCN(CCNCCCOC)c1ccccc1F. The van der Waals surface area contributed by atoms with Crippen molar-refractivity contribution < 1.29 is 9.13 Å². The number of benzene rings is 1. The van der Waals surface area contributed by atoms with E-state index in [0.29, 0.717) is 5.69 Å². The van der Waals surface area contributed by atoms with Crippen LogP contribution in [0.3, 0.4) is 0 Å². The summed E-state index contributed by atoms with van der Waals surface area (Å²) in [6, 6.07) is 6.91. The van der Waals surface area contributed by atoms with E-state index in [1.54, 1.807) is 13.2 Å². The number of rotatable bonds is 9. The van der Waals surface area contributed by atoms with Crippen LogP contribution in [0.15, 0.2) is 24.3 Å². The summed E-state index contributed by atoms with van der Waals surface area (Å²) >= 11 is 0. The highest BCUT2D eigenvalue weighted by Gasteiger charge is 2.08. The Morgan fingerprint density at radius 1 is 1.28 bits per heavy atom. The third-order valence-electron chi connectivity index (χ3n) is 2.84. The van der Waals surface area contributed by atoms with Gasteiger partial charge in [0.15, 0.2) is 0 Å². The average molecular weight is 254 g/mol. The Labute approximate surface area is 109 Å². The number of hydrogen-bond acceptors (Lipinski definition) is 3. The molecule has 18 heavy (non-hydrogen) atoms. The normalized spacial score (nSPS) is 10.6. The number of nitrogens with zero attached hydrogens (tertiary/aromatic N) is 1. The first kappa shape index (κ1) is 14.9. The van der Waals surface area contributed by atoms with Crippen LogP contribution >= 0.6 is 0 Å². The number of ether oxygens (including phenoxy) is 1. The maximum absolute atomic E-state index is 13.6. The molecule has 0 fully saturated rings. The predicted octanol–water partition coefficient (Wildman–Crippen LogP) is 2.28. The molecule has 0 spiro atoms. The number of para-hydroxylation sites is 1. The quantitative estimate of drug-likeness (QED) is 0.684. The van der Waals surface area contributed by atoms with E-state index in [1.165, 1.54) is 6.07 Å². The molecule has 0 heterocycles. The van der Waals surface area contributed by atoms with Crippen LogP contribution in [0.4, 0.5) is 10.1 Å². The first-order valence-electron chi connectivity index (χ1n) is 6.48. The largest absolute Gasteiger partial charge is 0.385 e. The molecule has 0 amide bonds. The van der Waals surface area contributed by atoms with Crippen molar-refractivity contribution in [2.75, 3.05) is 44.8 Å². The van der Waals surface area contributed by atoms with Crippen LogP contribution in [0, 0.1) is 5.82 Å². The molecule has 0 aliphatic heterocycles. The Kier molecular flexibility index (Phi) is 7.37. The lowest BCUT2D eigenvalue weighted by Crippen LogP contribution is -2.33. The molecule has 1 aromatic carbocycles. The lowest BCUT2D eigenvalue weighted by molar-refractivity contribution is 0.194. The summed E-state index contributed by atoms with van der Waals surface area (Å²) in [6.07, 6.45) is 1.00. The van der Waals surface area contributed by atoms with E-state index in [4.69, 9.17) is 4.74 Å². The van der Waals surface area contributed by atoms with E-state index in [0.717, 1.165) is 39.2 Å². The summed E-state index contributed by atoms with van der Waals surface area (Å²) in [7, 11) is 1.71. The standard InChI is InChI=1S/C14H23FN2O/c1-3-17(11-10-16-9-6-12-18-2)14-8-5-4-7-13(14)15/h4-5,7-8,16H,3,6,9-12H2,1-2H3. The zero-order valence-corrected chi connectivity index (χ0v) is 11.3. The third kappa shape index (κ3) is 5.02. The topological polar surface area (TPSA) is 24.5 Å². The lowest BCUT2D eigenvalue weighted by atomic mass is 10.2. The minimum atomic E-state index is -0.154. The highest BCUT2D eigenvalue weighted by atomic mass is 19.1. The molecule has 1 N–H and O–H groups in total. The molecule has 1 aromatic rings. The summed E-state index contributed by atoms with van der Waals surface area (Å²) in [5.74, 6) is -0.154. The first-order chi connectivity index (χ1) is 8.79. The smallest absolute Gasteiger partial charge is 0.146 e. The van der Waals surface area contributed by atoms with Gasteiger partial charge in [0.05, 0.1) is 5.69 Å². The fourth-order valence-electron chi connectivity index (χ4n) is 1.84. The van der Waals surface area contributed by atoms with Gasteiger partial charge in [-0.05, 0) is 32.0 Å².